The quantitative estimate of drug-likeness (QED) is 0.226. The molecular formula is C36H36FeN2+2. The molecule has 2 atom stereocenters. The van der Waals surface area contributed by atoms with Gasteiger partial charge in [-0.1, -0.05) is 84.9 Å². The van der Waals surface area contributed by atoms with Crippen LogP contribution < -0.4 is 0 Å². The van der Waals surface area contributed by atoms with E-state index in [9.17, 15) is 0 Å². The number of fused-ring (bicyclic) bond motifs is 2. The van der Waals surface area contributed by atoms with E-state index in [4.69, 9.17) is 0 Å². The van der Waals surface area contributed by atoms with Gasteiger partial charge in [0.1, 0.15) is 0 Å². The topological polar surface area (TPSA) is 6.48 Å². The van der Waals surface area contributed by atoms with Crippen LogP contribution >= 0.6 is 0 Å². The van der Waals surface area contributed by atoms with E-state index in [1.807, 2.05) is 0 Å². The minimum atomic E-state index is 0. The zero-order valence-electron chi connectivity index (χ0n) is 23.1. The predicted molar refractivity (Wildman–Crippen MR) is 162 cm³/mol. The summed E-state index contributed by atoms with van der Waals surface area (Å²) in [5.41, 5.74) is 2.74. The monoisotopic (exact) mass is 552 g/mol. The average Bonchev–Trinajstić information content (AvgIpc) is 3.65. The average molecular weight is 553 g/mol. The third-order valence-electron chi connectivity index (χ3n) is 7.28. The molecule has 0 amide bonds. The Bertz CT molecular complexity index is 1200. The van der Waals surface area contributed by atoms with Crippen LogP contribution in [0.3, 0.4) is 0 Å². The van der Waals surface area contributed by atoms with E-state index in [1.54, 1.807) is 0 Å². The van der Waals surface area contributed by atoms with Gasteiger partial charge in [-0.15, -0.1) is 0 Å². The summed E-state index contributed by atoms with van der Waals surface area (Å²) in [5.74, 6) is 2.70. The smallest absolute Gasteiger partial charge is 0.302 e. The van der Waals surface area contributed by atoms with Crippen molar-refractivity contribution in [1.82, 2.24) is 9.80 Å². The fraction of sp³-hybridized carbons (Fsp3) is 0.167. The molecule has 2 fully saturated rings. The first-order chi connectivity index (χ1) is 18.5. The second-order valence-electron chi connectivity index (χ2n) is 10.3. The normalized spacial score (nSPS) is 17.8. The number of nitrogens with zero attached hydrogens (tertiary/aromatic N) is 2. The molecule has 0 unspecified atom stereocenters. The van der Waals surface area contributed by atoms with E-state index in [2.05, 4.69) is 174 Å². The molecule has 2 aliphatic carbocycles. The molecule has 0 spiro atoms. The second-order valence-corrected chi connectivity index (χ2v) is 10.3. The number of hydrogen-bond acceptors (Lipinski definition) is 2. The largest absolute Gasteiger partial charge is 2.00 e. The Morgan fingerprint density at radius 1 is 0.436 bits per heavy atom. The SMILES string of the molecule is CN(C)[C@@H]([C]1[CH][CH][CH][CH]1)c1cccc2ccccc12.CN(C)[C@@H]([C]1[CH][CH][CH][CH]1)c1cccc2ccccc12.[Fe+2]. The van der Waals surface area contributed by atoms with Crippen LogP contribution in [0.5, 0.6) is 0 Å². The molecule has 2 saturated carbocycles. The van der Waals surface area contributed by atoms with Crippen LogP contribution in [0.25, 0.3) is 21.5 Å². The molecule has 0 bridgehead atoms. The standard InChI is InChI=1S/2C18H18N.Fe/c2*1-19(2)18(15-9-3-4-10-15)17-13-7-11-14-8-5-6-12-16(14)17;/h2*3-13,18H,1-2H3;/q;;+2/t2*18-;/m00./s1. The fourth-order valence-corrected chi connectivity index (χ4v) is 5.63. The van der Waals surface area contributed by atoms with Crippen molar-refractivity contribution >= 4 is 21.5 Å². The van der Waals surface area contributed by atoms with Gasteiger partial charge in [0.2, 0.25) is 0 Å². The summed E-state index contributed by atoms with van der Waals surface area (Å²) >= 11 is 0. The minimum absolute atomic E-state index is 0. The van der Waals surface area contributed by atoms with E-state index in [0.29, 0.717) is 12.1 Å². The van der Waals surface area contributed by atoms with Crippen LogP contribution in [0.4, 0.5) is 0 Å². The van der Waals surface area contributed by atoms with Gasteiger partial charge in [0.15, 0.2) is 0 Å². The van der Waals surface area contributed by atoms with E-state index < -0.39 is 0 Å². The Morgan fingerprint density at radius 2 is 0.769 bits per heavy atom. The third kappa shape index (κ3) is 6.77. The predicted octanol–water partition coefficient (Wildman–Crippen LogP) is 7.69. The maximum Gasteiger partial charge on any atom is 2.00 e. The molecule has 0 heterocycles. The molecule has 4 aromatic rings. The Hall–Kier alpha value is -2.16. The van der Waals surface area contributed by atoms with E-state index in [-0.39, 0.29) is 17.1 Å². The molecule has 0 aromatic heterocycles. The number of hydrogen-bond donors (Lipinski definition) is 0. The first-order valence-electron chi connectivity index (χ1n) is 13.3. The number of rotatable bonds is 6. The van der Waals surface area contributed by atoms with Gasteiger partial charge in [-0.05, 0) is 112 Å². The van der Waals surface area contributed by atoms with Crippen molar-refractivity contribution in [3.8, 4) is 0 Å². The molecular weight excluding hydrogens is 516 g/mol. The van der Waals surface area contributed by atoms with Gasteiger partial charge >= 0.3 is 17.1 Å². The molecule has 0 N–H and O–H groups in total. The summed E-state index contributed by atoms with van der Waals surface area (Å²) in [6.07, 6.45) is 17.2. The van der Waals surface area contributed by atoms with Crippen LogP contribution in [0, 0.1) is 63.2 Å². The van der Waals surface area contributed by atoms with Crippen molar-refractivity contribution in [3.63, 3.8) is 0 Å². The maximum atomic E-state index is 2.27. The molecule has 6 rings (SSSR count). The van der Waals surface area contributed by atoms with Gasteiger partial charge in [-0.25, -0.2) is 0 Å². The Kier molecular flexibility index (Phi) is 10.7. The molecule has 2 aliphatic rings. The molecule has 0 saturated heterocycles. The van der Waals surface area contributed by atoms with E-state index in [0.717, 1.165) is 0 Å². The van der Waals surface area contributed by atoms with Crippen molar-refractivity contribution in [2.45, 2.75) is 12.1 Å². The molecule has 196 valence electrons. The van der Waals surface area contributed by atoms with Gasteiger partial charge in [-0.2, -0.15) is 0 Å². The van der Waals surface area contributed by atoms with Crippen LogP contribution in [0.15, 0.2) is 84.9 Å². The van der Waals surface area contributed by atoms with Crippen molar-refractivity contribution in [3.05, 3.63) is 159 Å². The van der Waals surface area contributed by atoms with Gasteiger partial charge in [0.05, 0.1) is 0 Å². The van der Waals surface area contributed by atoms with Crippen LogP contribution in [0.2, 0.25) is 0 Å². The van der Waals surface area contributed by atoms with Crippen molar-refractivity contribution < 1.29 is 17.1 Å². The van der Waals surface area contributed by atoms with Gasteiger partial charge < -0.3 is 9.80 Å². The Labute approximate surface area is 247 Å². The summed E-state index contributed by atoms with van der Waals surface area (Å²) in [7, 11) is 8.55. The van der Waals surface area contributed by atoms with Gasteiger partial charge in [0, 0.05) is 23.9 Å². The second kappa shape index (κ2) is 14.0. The zero-order chi connectivity index (χ0) is 26.5. The van der Waals surface area contributed by atoms with Crippen molar-refractivity contribution in [1.29, 1.82) is 0 Å². The summed E-state index contributed by atoms with van der Waals surface area (Å²) in [5, 5.41) is 5.28. The van der Waals surface area contributed by atoms with Crippen LogP contribution in [-0.4, -0.2) is 38.0 Å². The molecule has 0 aliphatic heterocycles. The summed E-state index contributed by atoms with van der Waals surface area (Å²) in [4.78, 5) is 4.55. The Morgan fingerprint density at radius 3 is 1.13 bits per heavy atom. The van der Waals surface area contributed by atoms with Crippen molar-refractivity contribution in [2.24, 2.45) is 0 Å². The van der Waals surface area contributed by atoms with Gasteiger partial charge in [-0.3, -0.25) is 0 Å². The van der Waals surface area contributed by atoms with Crippen LogP contribution in [-0.2, 0) is 17.1 Å². The van der Waals surface area contributed by atoms with E-state index in [1.165, 1.54) is 44.5 Å². The first-order valence-corrected chi connectivity index (χ1v) is 13.3. The maximum absolute atomic E-state index is 2.27. The first kappa shape index (κ1) is 29.8. The molecule has 39 heavy (non-hydrogen) atoms. The molecule has 4 aromatic carbocycles. The molecule has 2 nitrogen and oxygen atoms in total. The zero-order valence-corrected chi connectivity index (χ0v) is 24.2. The van der Waals surface area contributed by atoms with Crippen LogP contribution in [0.1, 0.15) is 23.2 Å². The molecule has 10 radical (unpaired) electrons. The summed E-state index contributed by atoms with van der Waals surface area (Å²) in [6.45, 7) is 0. The number of benzene rings is 4. The molecule has 3 heteroatoms. The minimum Gasteiger partial charge on any atom is -0.302 e. The summed E-state index contributed by atoms with van der Waals surface area (Å²) < 4.78 is 0. The summed E-state index contributed by atoms with van der Waals surface area (Å²) in [6, 6.07) is 30.9. The fourth-order valence-electron chi connectivity index (χ4n) is 5.63. The van der Waals surface area contributed by atoms with Gasteiger partial charge in [0.25, 0.3) is 0 Å². The third-order valence-corrected chi connectivity index (χ3v) is 7.28. The van der Waals surface area contributed by atoms with E-state index >= 15 is 0 Å². The Balaban J connectivity index is 0.000000176. The van der Waals surface area contributed by atoms with Crippen molar-refractivity contribution in [2.75, 3.05) is 28.2 Å².